The molecule has 0 bridgehead atoms. The molecule has 3 aromatic rings. The van der Waals surface area contributed by atoms with E-state index in [-0.39, 0.29) is 5.92 Å². The number of benzene rings is 3. The molecule has 2 N–H and O–H groups in total. The van der Waals surface area contributed by atoms with E-state index in [0.717, 1.165) is 38.8 Å². The number of phenolic OH excluding ortho intramolecular Hbond substituents is 1. The van der Waals surface area contributed by atoms with E-state index < -0.39 is 12.7 Å². The molecule has 4 heteroatoms. The fourth-order valence-corrected chi connectivity index (χ4v) is 3.29. The van der Waals surface area contributed by atoms with Gasteiger partial charge in [0.05, 0.1) is 5.60 Å². The minimum Gasteiger partial charge on any atom is -0.508 e. The average molecular weight is 479 g/mol. The first kappa shape index (κ1) is 30.7. The van der Waals surface area contributed by atoms with Crippen LogP contribution in [0.25, 0.3) is 21.9 Å². The molecular weight excluding hydrogens is 431 g/mol. The van der Waals surface area contributed by atoms with Gasteiger partial charge in [0.15, 0.2) is 0 Å². The lowest BCUT2D eigenvalue weighted by atomic mass is 9.76. The van der Waals surface area contributed by atoms with Crippen molar-refractivity contribution in [3.05, 3.63) is 60.2 Å². The van der Waals surface area contributed by atoms with E-state index in [2.05, 4.69) is 72.7 Å². The van der Waals surface area contributed by atoms with Crippen LogP contribution in [0.3, 0.4) is 0 Å². The molecule has 192 valence electrons. The van der Waals surface area contributed by atoms with E-state index in [1.807, 2.05) is 52.0 Å². The first-order valence-corrected chi connectivity index (χ1v) is 13.0. The molecular formula is C31H47BO3. The van der Waals surface area contributed by atoms with Crippen LogP contribution in [0.15, 0.2) is 54.6 Å². The molecule has 0 fully saturated rings. The van der Waals surface area contributed by atoms with E-state index >= 15 is 0 Å². The molecule has 35 heavy (non-hydrogen) atoms. The molecule has 0 aromatic heterocycles. The van der Waals surface area contributed by atoms with Crippen LogP contribution in [-0.4, -0.2) is 22.8 Å². The Morgan fingerprint density at radius 2 is 1.23 bits per heavy atom. The quantitative estimate of drug-likeness (QED) is 0.351. The van der Waals surface area contributed by atoms with Crippen molar-refractivity contribution in [2.75, 3.05) is 0 Å². The Morgan fingerprint density at radius 1 is 0.743 bits per heavy atom. The maximum absolute atomic E-state index is 10.6. The third-order valence-corrected chi connectivity index (χ3v) is 5.94. The van der Waals surface area contributed by atoms with Gasteiger partial charge in [-0.15, -0.1) is 0 Å². The standard InChI is InChI=1S/C25H31BO3.C4H10.C2H6/c1-16(2)23-15-21(10-12-24(23)27)18-7-8-20-14-22(11-9-19(20)13-18)26(28)29-25(5,6)17(3)4;1-4(2)3;1-2/h7-17,27-28H,1-6H3;4H,1-3H3;1-2H3. The molecule has 0 spiro atoms. The van der Waals surface area contributed by atoms with Crippen molar-refractivity contribution in [3.63, 3.8) is 0 Å². The zero-order chi connectivity index (χ0) is 26.9. The lowest BCUT2D eigenvalue weighted by Crippen LogP contribution is -2.44. The Balaban J connectivity index is 0.000000926. The third-order valence-electron chi connectivity index (χ3n) is 5.94. The zero-order valence-corrected chi connectivity index (χ0v) is 23.8. The van der Waals surface area contributed by atoms with Crippen LogP contribution in [0, 0.1) is 11.8 Å². The van der Waals surface area contributed by atoms with Crippen LogP contribution in [0.4, 0.5) is 0 Å². The average Bonchev–Trinajstić information content (AvgIpc) is 2.79. The summed E-state index contributed by atoms with van der Waals surface area (Å²) < 4.78 is 5.91. The van der Waals surface area contributed by atoms with Crippen LogP contribution in [0.2, 0.25) is 0 Å². The smallest absolute Gasteiger partial charge is 0.491 e. The summed E-state index contributed by atoms with van der Waals surface area (Å²) in [4.78, 5) is 0. The summed E-state index contributed by atoms with van der Waals surface area (Å²) in [7, 11) is -0.956. The highest BCUT2D eigenvalue weighted by atomic mass is 16.5. The third kappa shape index (κ3) is 9.02. The first-order valence-electron chi connectivity index (χ1n) is 13.0. The Kier molecular flexibility index (Phi) is 12.0. The second-order valence-electron chi connectivity index (χ2n) is 10.7. The van der Waals surface area contributed by atoms with Crippen LogP contribution in [0.1, 0.15) is 87.6 Å². The summed E-state index contributed by atoms with van der Waals surface area (Å²) >= 11 is 0. The van der Waals surface area contributed by atoms with Gasteiger partial charge in [0.25, 0.3) is 0 Å². The number of fused-ring (bicyclic) bond motifs is 1. The largest absolute Gasteiger partial charge is 0.508 e. The minimum absolute atomic E-state index is 0.259. The molecule has 0 aliphatic carbocycles. The van der Waals surface area contributed by atoms with Gasteiger partial charge in [-0.3, -0.25) is 0 Å². The lowest BCUT2D eigenvalue weighted by Gasteiger charge is -2.31. The normalized spacial score (nSPS) is 11.3. The van der Waals surface area contributed by atoms with Crippen molar-refractivity contribution >= 4 is 23.4 Å². The predicted molar refractivity (Wildman–Crippen MR) is 155 cm³/mol. The van der Waals surface area contributed by atoms with Gasteiger partial charge < -0.3 is 14.8 Å². The Hall–Kier alpha value is -2.30. The van der Waals surface area contributed by atoms with Gasteiger partial charge in [-0.1, -0.05) is 98.7 Å². The van der Waals surface area contributed by atoms with Crippen LogP contribution in [-0.2, 0) is 4.65 Å². The molecule has 0 aliphatic heterocycles. The van der Waals surface area contributed by atoms with Gasteiger partial charge >= 0.3 is 7.12 Å². The summed E-state index contributed by atoms with van der Waals surface area (Å²) in [6, 6.07) is 18.0. The molecule has 0 amide bonds. The summed E-state index contributed by atoms with van der Waals surface area (Å²) in [6.07, 6.45) is 0. The number of hydrogen-bond donors (Lipinski definition) is 2. The second-order valence-corrected chi connectivity index (χ2v) is 10.7. The first-order chi connectivity index (χ1) is 16.3. The maximum atomic E-state index is 10.6. The molecule has 0 saturated carbocycles. The van der Waals surface area contributed by atoms with E-state index in [1.165, 1.54) is 0 Å². The van der Waals surface area contributed by atoms with Crippen molar-refractivity contribution in [1.29, 1.82) is 0 Å². The molecule has 3 rings (SSSR count). The second kappa shape index (κ2) is 13.7. The molecule has 0 atom stereocenters. The number of phenols is 1. The highest BCUT2D eigenvalue weighted by Crippen LogP contribution is 2.32. The van der Waals surface area contributed by atoms with Crippen molar-refractivity contribution in [2.24, 2.45) is 11.8 Å². The molecule has 0 radical (unpaired) electrons. The molecule has 3 nitrogen and oxygen atoms in total. The summed E-state index contributed by atoms with van der Waals surface area (Å²) in [5.41, 5.74) is 3.48. The summed E-state index contributed by atoms with van der Waals surface area (Å²) in [5, 5.41) is 22.8. The minimum atomic E-state index is -0.956. The predicted octanol–water partition coefficient (Wildman–Crippen LogP) is 8.16. The van der Waals surface area contributed by atoms with Gasteiger partial charge in [-0.25, -0.2) is 0 Å². The summed E-state index contributed by atoms with van der Waals surface area (Å²) in [6.45, 7) is 22.8. The fraction of sp³-hybridized carbons (Fsp3) is 0.484. The number of rotatable bonds is 6. The van der Waals surface area contributed by atoms with Crippen molar-refractivity contribution < 1.29 is 14.8 Å². The van der Waals surface area contributed by atoms with Crippen molar-refractivity contribution in [3.8, 4) is 16.9 Å². The lowest BCUT2D eigenvalue weighted by molar-refractivity contribution is 0.0423. The van der Waals surface area contributed by atoms with Crippen molar-refractivity contribution in [2.45, 2.75) is 87.7 Å². The topological polar surface area (TPSA) is 49.7 Å². The molecule has 0 saturated heterocycles. The van der Waals surface area contributed by atoms with E-state index in [0.29, 0.717) is 11.7 Å². The highest BCUT2D eigenvalue weighted by Gasteiger charge is 2.30. The van der Waals surface area contributed by atoms with E-state index in [1.54, 1.807) is 6.07 Å². The Morgan fingerprint density at radius 3 is 1.77 bits per heavy atom. The molecule has 0 unspecified atom stereocenters. The SMILES string of the molecule is CC.CC(C)C.CC(C)c1cc(-c2ccc3cc(B(O)OC(C)(C)C(C)C)ccc3c2)ccc1O. The fourth-order valence-electron chi connectivity index (χ4n) is 3.29. The Labute approximate surface area is 214 Å². The zero-order valence-electron chi connectivity index (χ0n) is 23.8. The van der Waals surface area contributed by atoms with Gasteiger partial charge in [-0.2, -0.15) is 0 Å². The molecule has 0 heterocycles. The van der Waals surface area contributed by atoms with Crippen molar-refractivity contribution in [1.82, 2.24) is 0 Å². The van der Waals surface area contributed by atoms with Crippen LogP contribution in [0.5, 0.6) is 5.75 Å². The van der Waals surface area contributed by atoms with E-state index in [4.69, 9.17) is 4.65 Å². The van der Waals surface area contributed by atoms with E-state index in [9.17, 15) is 10.1 Å². The molecule has 3 aromatic carbocycles. The monoisotopic (exact) mass is 478 g/mol. The van der Waals surface area contributed by atoms with Gasteiger partial charge in [0.1, 0.15) is 5.75 Å². The van der Waals surface area contributed by atoms with Crippen LogP contribution >= 0.6 is 0 Å². The highest BCUT2D eigenvalue weighted by molar-refractivity contribution is 6.60. The maximum Gasteiger partial charge on any atom is 0.491 e. The van der Waals surface area contributed by atoms with Gasteiger partial charge in [0, 0.05) is 0 Å². The number of hydrogen-bond acceptors (Lipinski definition) is 3. The Bertz CT molecular complexity index is 1050. The van der Waals surface area contributed by atoms with Gasteiger partial charge in [0.2, 0.25) is 0 Å². The van der Waals surface area contributed by atoms with Crippen LogP contribution < -0.4 is 5.46 Å². The molecule has 0 aliphatic rings. The number of aromatic hydroxyl groups is 1. The summed E-state index contributed by atoms with van der Waals surface area (Å²) in [5.74, 6) is 1.73. The van der Waals surface area contributed by atoms with Gasteiger partial charge in [-0.05, 0) is 82.7 Å².